The summed E-state index contributed by atoms with van der Waals surface area (Å²) in [4.78, 5) is 36.0. The summed E-state index contributed by atoms with van der Waals surface area (Å²) in [7, 11) is 3.43. The van der Waals surface area contributed by atoms with Crippen molar-refractivity contribution in [2.24, 2.45) is 0 Å². The van der Waals surface area contributed by atoms with E-state index in [1.54, 1.807) is 7.05 Å². The molecule has 0 saturated carbocycles. The van der Waals surface area contributed by atoms with Crippen molar-refractivity contribution in [3.05, 3.63) is 34.9 Å². The molecule has 1 fully saturated rings. The SMILES string of the molecule is CNC(=O)C(CCC=O)N(C)Cc1cc(C2CNC2)ccc1C=O. The fourth-order valence-corrected chi connectivity index (χ4v) is 2.98. The van der Waals surface area contributed by atoms with Crippen molar-refractivity contribution in [1.82, 2.24) is 15.5 Å². The average molecular weight is 331 g/mol. The van der Waals surface area contributed by atoms with E-state index < -0.39 is 6.04 Å². The van der Waals surface area contributed by atoms with E-state index in [2.05, 4.69) is 16.7 Å². The summed E-state index contributed by atoms with van der Waals surface area (Å²) in [6.45, 7) is 2.39. The molecule has 2 N–H and O–H groups in total. The molecule has 0 radical (unpaired) electrons. The van der Waals surface area contributed by atoms with Crippen LogP contribution in [0.1, 0.15) is 40.2 Å². The Morgan fingerprint density at radius 2 is 2.17 bits per heavy atom. The molecule has 1 aliphatic heterocycles. The Bertz CT molecular complexity index is 599. The van der Waals surface area contributed by atoms with Gasteiger partial charge in [0.1, 0.15) is 12.6 Å². The molecule has 6 heteroatoms. The molecule has 1 unspecified atom stereocenters. The van der Waals surface area contributed by atoms with E-state index in [1.807, 2.05) is 24.1 Å². The smallest absolute Gasteiger partial charge is 0.237 e. The molecule has 130 valence electrons. The zero-order valence-electron chi connectivity index (χ0n) is 14.2. The molecular formula is C18H25N3O3. The lowest BCUT2D eigenvalue weighted by atomic mass is 9.91. The van der Waals surface area contributed by atoms with Gasteiger partial charge in [-0.3, -0.25) is 14.5 Å². The lowest BCUT2D eigenvalue weighted by Crippen LogP contribution is -2.44. The Morgan fingerprint density at radius 1 is 1.42 bits per heavy atom. The lowest BCUT2D eigenvalue weighted by Gasteiger charge is -2.29. The van der Waals surface area contributed by atoms with Gasteiger partial charge in [0.25, 0.3) is 0 Å². The van der Waals surface area contributed by atoms with E-state index in [1.165, 1.54) is 5.56 Å². The molecule has 1 aliphatic rings. The van der Waals surface area contributed by atoms with Crippen LogP contribution in [0.15, 0.2) is 18.2 Å². The number of likely N-dealkylation sites (N-methyl/N-ethyl adjacent to an activating group) is 2. The first-order chi connectivity index (χ1) is 11.6. The molecule has 1 saturated heterocycles. The van der Waals surface area contributed by atoms with Gasteiger partial charge >= 0.3 is 0 Å². The molecule has 1 amide bonds. The monoisotopic (exact) mass is 331 g/mol. The maximum absolute atomic E-state index is 12.1. The number of nitrogens with zero attached hydrogens (tertiary/aromatic N) is 1. The molecule has 1 aromatic carbocycles. The Morgan fingerprint density at radius 3 is 2.71 bits per heavy atom. The number of carbonyl (C=O) groups is 3. The number of nitrogens with one attached hydrogen (secondary N) is 2. The summed E-state index contributed by atoms with van der Waals surface area (Å²) in [6.07, 6.45) is 2.47. The summed E-state index contributed by atoms with van der Waals surface area (Å²) in [5, 5.41) is 5.89. The van der Waals surface area contributed by atoms with Crippen LogP contribution in [0, 0.1) is 0 Å². The van der Waals surface area contributed by atoms with Crippen LogP contribution in [0.4, 0.5) is 0 Å². The fraction of sp³-hybridized carbons (Fsp3) is 0.500. The maximum Gasteiger partial charge on any atom is 0.237 e. The molecule has 0 aliphatic carbocycles. The highest BCUT2D eigenvalue weighted by atomic mass is 16.2. The van der Waals surface area contributed by atoms with Crippen LogP contribution < -0.4 is 10.6 Å². The van der Waals surface area contributed by atoms with Gasteiger partial charge in [-0.15, -0.1) is 0 Å². The minimum absolute atomic E-state index is 0.119. The van der Waals surface area contributed by atoms with Crippen molar-refractivity contribution in [3.63, 3.8) is 0 Å². The number of carbonyl (C=O) groups excluding carboxylic acids is 3. The topological polar surface area (TPSA) is 78.5 Å². The highest BCUT2D eigenvalue weighted by Crippen LogP contribution is 2.23. The van der Waals surface area contributed by atoms with Crippen LogP contribution in [0.5, 0.6) is 0 Å². The normalized spacial score (nSPS) is 15.6. The zero-order chi connectivity index (χ0) is 17.5. The number of hydrogen-bond donors (Lipinski definition) is 2. The Kier molecular flexibility index (Phi) is 6.63. The second kappa shape index (κ2) is 8.70. The van der Waals surface area contributed by atoms with Crippen molar-refractivity contribution in [3.8, 4) is 0 Å². The lowest BCUT2D eigenvalue weighted by molar-refractivity contribution is -0.126. The number of rotatable bonds is 9. The maximum atomic E-state index is 12.1. The van der Waals surface area contributed by atoms with E-state index in [0.717, 1.165) is 31.2 Å². The van der Waals surface area contributed by atoms with Crippen LogP contribution in [0.2, 0.25) is 0 Å². The number of benzene rings is 1. The number of hydrogen-bond acceptors (Lipinski definition) is 5. The van der Waals surface area contributed by atoms with E-state index in [0.29, 0.717) is 30.9 Å². The van der Waals surface area contributed by atoms with Gasteiger partial charge in [-0.2, -0.15) is 0 Å². The third-order valence-corrected chi connectivity index (χ3v) is 4.61. The van der Waals surface area contributed by atoms with Crippen LogP contribution in [0.25, 0.3) is 0 Å². The first-order valence-electron chi connectivity index (χ1n) is 8.24. The van der Waals surface area contributed by atoms with Crippen molar-refractivity contribution in [2.45, 2.75) is 31.3 Å². The van der Waals surface area contributed by atoms with Gasteiger partial charge in [0.2, 0.25) is 5.91 Å². The highest BCUT2D eigenvalue weighted by molar-refractivity contribution is 5.82. The van der Waals surface area contributed by atoms with Gasteiger partial charge in [0, 0.05) is 44.6 Å². The molecule has 0 bridgehead atoms. The summed E-state index contributed by atoms with van der Waals surface area (Å²) in [6, 6.07) is 5.52. The standard InChI is InChI=1S/C18H25N3O3/c1-19-18(24)17(4-3-7-22)21(2)11-15-8-13(16-9-20-10-16)5-6-14(15)12-23/h5-8,12,16-17,20H,3-4,9-11H2,1-2H3,(H,19,24). The average Bonchev–Trinajstić information content (AvgIpc) is 2.53. The zero-order valence-corrected chi connectivity index (χ0v) is 14.2. The minimum atomic E-state index is -0.395. The third kappa shape index (κ3) is 4.27. The summed E-state index contributed by atoms with van der Waals surface area (Å²) >= 11 is 0. The predicted octanol–water partition coefficient (Wildman–Crippen LogP) is 0.711. The van der Waals surface area contributed by atoms with Crippen LogP contribution in [-0.2, 0) is 16.1 Å². The van der Waals surface area contributed by atoms with Crippen molar-refractivity contribution >= 4 is 18.5 Å². The quantitative estimate of drug-likeness (QED) is 0.652. The van der Waals surface area contributed by atoms with E-state index in [9.17, 15) is 14.4 Å². The van der Waals surface area contributed by atoms with Crippen molar-refractivity contribution in [1.29, 1.82) is 0 Å². The van der Waals surface area contributed by atoms with Crippen LogP contribution >= 0.6 is 0 Å². The fourth-order valence-electron chi connectivity index (χ4n) is 2.98. The molecule has 1 atom stereocenters. The van der Waals surface area contributed by atoms with Gasteiger partial charge in [-0.1, -0.05) is 18.2 Å². The summed E-state index contributed by atoms with van der Waals surface area (Å²) < 4.78 is 0. The molecule has 1 aromatic rings. The third-order valence-electron chi connectivity index (χ3n) is 4.61. The molecule has 2 rings (SSSR count). The minimum Gasteiger partial charge on any atom is -0.358 e. The van der Waals surface area contributed by atoms with Gasteiger partial charge in [-0.25, -0.2) is 0 Å². The predicted molar refractivity (Wildman–Crippen MR) is 92.1 cm³/mol. The van der Waals surface area contributed by atoms with E-state index in [4.69, 9.17) is 0 Å². The molecule has 1 heterocycles. The van der Waals surface area contributed by atoms with E-state index in [-0.39, 0.29) is 5.91 Å². The Labute approximate surface area is 142 Å². The molecular weight excluding hydrogens is 306 g/mol. The van der Waals surface area contributed by atoms with Crippen molar-refractivity contribution < 1.29 is 14.4 Å². The molecule has 24 heavy (non-hydrogen) atoms. The molecule has 0 aromatic heterocycles. The highest BCUT2D eigenvalue weighted by Gasteiger charge is 2.24. The Hall–Kier alpha value is -2.05. The van der Waals surface area contributed by atoms with E-state index >= 15 is 0 Å². The number of amides is 1. The largest absolute Gasteiger partial charge is 0.358 e. The first-order valence-corrected chi connectivity index (χ1v) is 8.24. The van der Waals surface area contributed by atoms with Gasteiger partial charge < -0.3 is 15.4 Å². The van der Waals surface area contributed by atoms with Gasteiger partial charge in [0.05, 0.1) is 6.04 Å². The van der Waals surface area contributed by atoms with Gasteiger partial charge in [-0.05, 0) is 24.6 Å². The van der Waals surface area contributed by atoms with Crippen LogP contribution in [0.3, 0.4) is 0 Å². The summed E-state index contributed by atoms with van der Waals surface area (Å²) in [5.41, 5.74) is 2.77. The molecule has 6 nitrogen and oxygen atoms in total. The van der Waals surface area contributed by atoms with Gasteiger partial charge in [0.15, 0.2) is 0 Å². The summed E-state index contributed by atoms with van der Waals surface area (Å²) in [5.74, 6) is 0.367. The number of aldehydes is 2. The second-order valence-corrected chi connectivity index (χ2v) is 6.22. The van der Waals surface area contributed by atoms with Crippen molar-refractivity contribution in [2.75, 3.05) is 27.2 Å². The Balaban J connectivity index is 2.17. The second-order valence-electron chi connectivity index (χ2n) is 6.22. The van der Waals surface area contributed by atoms with Crippen LogP contribution in [-0.4, -0.2) is 56.6 Å². The molecule has 0 spiro atoms. The first kappa shape index (κ1) is 18.3.